The Hall–Kier alpha value is -1.90. The Balaban J connectivity index is 0.00000312. The number of unbranched alkanes of at least 4 members (excludes halogenated alkanes) is 1. The SMILES string of the molecule is CCNC(=NCc1ccccn1)NCCCCn1ccccc1=O.I. The van der Waals surface area contributed by atoms with Gasteiger partial charge in [-0.05, 0) is 38.0 Å². The molecule has 136 valence electrons. The van der Waals surface area contributed by atoms with Gasteiger partial charge in [-0.2, -0.15) is 0 Å². The van der Waals surface area contributed by atoms with E-state index in [0.717, 1.165) is 44.1 Å². The Labute approximate surface area is 165 Å². The van der Waals surface area contributed by atoms with E-state index in [0.29, 0.717) is 6.54 Å². The van der Waals surface area contributed by atoms with Crippen molar-refractivity contribution in [2.75, 3.05) is 13.1 Å². The van der Waals surface area contributed by atoms with Gasteiger partial charge in [-0.3, -0.25) is 9.78 Å². The second-order valence-electron chi connectivity index (χ2n) is 5.38. The summed E-state index contributed by atoms with van der Waals surface area (Å²) in [4.78, 5) is 20.4. The molecule has 0 saturated heterocycles. The first kappa shape index (κ1) is 21.1. The monoisotopic (exact) mass is 455 g/mol. The van der Waals surface area contributed by atoms with E-state index in [2.05, 4.69) is 20.6 Å². The Morgan fingerprint density at radius 3 is 2.72 bits per heavy atom. The third-order valence-corrected chi connectivity index (χ3v) is 3.49. The van der Waals surface area contributed by atoms with E-state index in [-0.39, 0.29) is 29.5 Å². The van der Waals surface area contributed by atoms with Crippen LogP contribution in [0.3, 0.4) is 0 Å². The average Bonchev–Trinajstić information content (AvgIpc) is 2.61. The summed E-state index contributed by atoms with van der Waals surface area (Å²) in [7, 11) is 0. The summed E-state index contributed by atoms with van der Waals surface area (Å²) >= 11 is 0. The molecule has 0 radical (unpaired) electrons. The van der Waals surface area contributed by atoms with E-state index in [1.807, 2.05) is 37.4 Å². The minimum atomic E-state index is 0. The molecule has 2 aromatic heterocycles. The summed E-state index contributed by atoms with van der Waals surface area (Å²) in [5.74, 6) is 0.792. The molecule has 2 aromatic rings. The second-order valence-corrected chi connectivity index (χ2v) is 5.38. The first-order valence-corrected chi connectivity index (χ1v) is 8.37. The highest BCUT2D eigenvalue weighted by Gasteiger charge is 1.98. The maximum Gasteiger partial charge on any atom is 0.250 e. The van der Waals surface area contributed by atoms with Crippen molar-refractivity contribution in [1.29, 1.82) is 0 Å². The maximum absolute atomic E-state index is 11.6. The number of hydrogen-bond donors (Lipinski definition) is 2. The predicted octanol–water partition coefficient (Wildman–Crippen LogP) is 2.40. The van der Waals surface area contributed by atoms with Crippen molar-refractivity contribution in [3.63, 3.8) is 0 Å². The van der Waals surface area contributed by atoms with Crippen LogP contribution >= 0.6 is 24.0 Å². The van der Waals surface area contributed by atoms with Gasteiger partial charge in [0.2, 0.25) is 5.56 Å². The van der Waals surface area contributed by atoms with Gasteiger partial charge < -0.3 is 15.2 Å². The number of hydrogen-bond acceptors (Lipinski definition) is 3. The summed E-state index contributed by atoms with van der Waals surface area (Å²) < 4.78 is 1.74. The van der Waals surface area contributed by atoms with Gasteiger partial charge in [0, 0.05) is 38.1 Å². The fourth-order valence-electron chi connectivity index (χ4n) is 2.25. The van der Waals surface area contributed by atoms with Crippen LogP contribution in [0, 0.1) is 0 Å². The molecule has 6 nitrogen and oxygen atoms in total. The largest absolute Gasteiger partial charge is 0.357 e. The molecule has 0 bridgehead atoms. The lowest BCUT2D eigenvalue weighted by Gasteiger charge is -2.11. The van der Waals surface area contributed by atoms with Crippen LogP contribution in [-0.4, -0.2) is 28.6 Å². The number of pyridine rings is 2. The van der Waals surface area contributed by atoms with Crippen molar-refractivity contribution >= 4 is 29.9 Å². The molecule has 0 unspecified atom stereocenters. The van der Waals surface area contributed by atoms with Gasteiger partial charge in [0.15, 0.2) is 5.96 Å². The number of aromatic nitrogens is 2. The average molecular weight is 455 g/mol. The molecular weight excluding hydrogens is 429 g/mol. The lowest BCUT2D eigenvalue weighted by atomic mass is 10.3. The summed E-state index contributed by atoms with van der Waals surface area (Å²) in [6, 6.07) is 11.1. The molecule has 0 aliphatic carbocycles. The Bertz CT molecular complexity index is 687. The fourth-order valence-corrected chi connectivity index (χ4v) is 2.25. The lowest BCUT2D eigenvalue weighted by molar-refractivity contribution is 0.585. The quantitative estimate of drug-likeness (QED) is 0.278. The van der Waals surface area contributed by atoms with Crippen LogP contribution in [0.15, 0.2) is 58.6 Å². The van der Waals surface area contributed by atoms with Crippen molar-refractivity contribution in [2.45, 2.75) is 32.9 Å². The summed E-state index contributed by atoms with van der Waals surface area (Å²) in [6.45, 7) is 4.96. The molecule has 0 aliphatic rings. The molecule has 0 saturated carbocycles. The van der Waals surface area contributed by atoms with E-state index in [9.17, 15) is 4.79 Å². The van der Waals surface area contributed by atoms with Gasteiger partial charge in [0.1, 0.15) is 0 Å². The van der Waals surface area contributed by atoms with E-state index >= 15 is 0 Å². The molecular formula is C18H26IN5O. The van der Waals surface area contributed by atoms with Crippen molar-refractivity contribution in [1.82, 2.24) is 20.2 Å². The lowest BCUT2D eigenvalue weighted by Crippen LogP contribution is -2.37. The minimum Gasteiger partial charge on any atom is -0.357 e. The topological polar surface area (TPSA) is 71.3 Å². The van der Waals surface area contributed by atoms with E-state index in [4.69, 9.17) is 0 Å². The highest BCUT2D eigenvalue weighted by molar-refractivity contribution is 14.0. The van der Waals surface area contributed by atoms with Crippen molar-refractivity contribution in [3.05, 3.63) is 64.8 Å². The number of nitrogens with zero attached hydrogens (tertiary/aromatic N) is 3. The molecule has 2 heterocycles. The Morgan fingerprint density at radius 1 is 1.16 bits per heavy atom. The summed E-state index contributed by atoms with van der Waals surface area (Å²) in [6.07, 6.45) is 5.51. The molecule has 0 amide bonds. The van der Waals surface area contributed by atoms with Gasteiger partial charge >= 0.3 is 0 Å². The zero-order valence-electron chi connectivity index (χ0n) is 14.5. The normalized spacial score (nSPS) is 10.8. The number of aliphatic imine (C=N–C) groups is 1. The van der Waals surface area contributed by atoms with Crippen molar-refractivity contribution in [2.24, 2.45) is 4.99 Å². The highest BCUT2D eigenvalue weighted by Crippen LogP contribution is 1.96. The molecule has 0 aliphatic heterocycles. The molecule has 0 aromatic carbocycles. The highest BCUT2D eigenvalue weighted by atomic mass is 127. The van der Waals surface area contributed by atoms with Crippen LogP contribution in [0.5, 0.6) is 0 Å². The van der Waals surface area contributed by atoms with E-state index < -0.39 is 0 Å². The van der Waals surface area contributed by atoms with Crippen molar-refractivity contribution < 1.29 is 0 Å². The predicted molar refractivity (Wildman–Crippen MR) is 112 cm³/mol. The second kappa shape index (κ2) is 12.5. The molecule has 2 N–H and O–H groups in total. The van der Waals surface area contributed by atoms with Crippen LogP contribution < -0.4 is 16.2 Å². The van der Waals surface area contributed by atoms with Crippen LogP contribution in [0.25, 0.3) is 0 Å². The first-order chi connectivity index (χ1) is 11.8. The fraction of sp³-hybridized carbons (Fsp3) is 0.389. The number of halogens is 1. The molecule has 7 heteroatoms. The molecule has 25 heavy (non-hydrogen) atoms. The van der Waals surface area contributed by atoms with E-state index in [1.54, 1.807) is 22.9 Å². The Morgan fingerprint density at radius 2 is 2.00 bits per heavy atom. The third kappa shape index (κ3) is 8.15. The van der Waals surface area contributed by atoms with Gasteiger partial charge in [0.25, 0.3) is 0 Å². The van der Waals surface area contributed by atoms with Crippen molar-refractivity contribution in [3.8, 4) is 0 Å². The van der Waals surface area contributed by atoms with Gasteiger partial charge in [0.05, 0.1) is 12.2 Å². The zero-order valence-corrected chi connectivity index (χ0v) is 16.8. The minimum absolute atomic E-state index is 0. The third-order valence-electron chi connectivity index (χ3n) is 3.49. The molecule has 0 spiro atoms. The van der Waals surface area contributed by atoms with Crippen LogP contribution in [0.2, 0.25) is 0 Å². The van der Waals surface area contributed by atoms with Crippen LogP contribution in [0.4, 0.5) is 0 Å². The summed E-state index contributed by atoms with van der Waals surface area (Å²) in [5.41, 5.74) is 0.994. The number of aryl methyl sites for hydroxylation is 1. The van der Waals surface area contributed by atoms with Crippen LogP contribution in [-0.2, 0) is 13.1 Å². The number of guanidine groups is 1. The molecule has 0 atom stereocenters. The zero-order chi connectivity index (χ0) is 17.0. The van der Waals surface area contributed by atoms with Gasteiger partial charge in [-0.15, -0.1) is 24.0 Å². The number of rotatable bonds is 8. The summed E-state index contributed by atoms with van der Waals surface area (Å²) in [5, 5.41) is 6.54. The van der Waals surface area contributed by atoms with Crippen LogP contribution in [0.1, 0.15) is 25.5 Å². The Kier molecular flexibility index (Phi) is 10.5. The smallest absolute Gasteiger partial charge is 0.250 e. The van der Waals surface area contributed by atoms with Gasteiger partial charge in [-0.25, -0.2) is 4.99 Å². The van der Waals surface area contributed by atoms with E-state index in [1.165, 1.54) is 0 Å². The standard InChI is InChI=1S/C18H25N5O.HI/c1-2-19-18(22-15-16-9-3-5-11-20-16)21-12-6-8-14-23-13-7-4-10-17(23)24;/h3-5,7,9-11,13H,2,6,8,12,14-15H2,1H3,(H2,19,21,22);1H. The molecule has 0 fully saturated rings. The van der Waals surface area contributed by atoms with Gasteiger partial charge in [-0.1, -0.05) is 12.1 Å². The number of nitrogens with one attached hydrogen (secondary N) is 2. The molecule has 2 rings (SSSR count). The maximum atomic E-state index is 11.6. The first-order valence-electron chi connectivity index (χ1n) is 8.37.